The number of fused-ring (bicyclic) bond motifs is 10. The Balaban J connectivity index is 1.07. The second kappa shape index (κ2) is 13.4. The average Bonchev–Trinajstić information content (AvgIpc) is 3.89. The van der Waals surface area contributed by atoms with Crippen LogP contribution in [0, 0.1) is 0 Å². The zero-order chi connectivity index (χ0) is 39.3. The molecule has 0 N–H and O–H groups in total. The van der Waals surface area contributed by atoms with Crippen molar-refractivity contribution in [2.24, 2.45) is 0 Å². The minimum absolute atomic E-state index is 0.160. The topological polar surface area (TPSA) is 0 Å². The predicted octanol–water partition coefficient (Wildman–Crippen LogP) is 16.7. The van der Waals surface area contributed by atoms with Crippen molar-refractivity contribution < 1.29 is 0 Å². The molecule has 0 fully saturated rings. The molecule has 0 saturated heterocycles. The Bertz CT molecular complexity index is 3770. The van der Waals surface area contributed by atoms with Gasteiger partial charge in [0.15, 0.2) is 0 Å². The van der Waals surface area contributed by atoms with Crippen LogP contribution < -0.4 is 0 Å². The minimum atomic E-state index is 0.160. The molecule has 11 aromatic carbocycles. The maximum atomic E-state index is 2.51. The summed E-state index contributed by atoms with van der Waals surface area (Å²) in [6.07, 6.45) is 0. The predicted molar refractivity (Wildman–Crippen MR) is 263 cm³/mol. The van der Waals surface area contributed by atoms with Gasteiger partial charge in [-0.2, -0.15) is 0 Å². The van der Waals surface area contributed by atoms with Gasteiger partial charge >= 0.3 is 353 Å². The maximum absolute atomic E-state index is 2.51. The van der Waals surface area contributed by atoms with E-state index in [1.807, 2.05) is 11.3 Å². The Morgan fingerprint density at radius 1 is 0.267 bits per heavy atom. The van der Waals surface area contributed by atoms with Gasteiger partial charge in [0.25, 0.3) is 0 Å². The van der Waals surface area contributed by atoms with Gasteiger partial charge in [0.05, 0.1) is 0 Å². The summed E-state index contributed by atoms with van der Waals surface area (Å²) in [7, 11) is 0. The van der Waals surface area contributed by atoms with Gasteiger partial charge in [0.2, 0.25) is 0 Å². The molecule has 278 valence electrons. The van der Waals surface area contributed by atoms with Crippen molar-refractivity contribution in [1.82, 2.24) is 0 Å². The standard InChI is InChI=1S/C58H34SSe/c1-2-16-35(17-3-1)53-37-18-4-6-20-39(37)54(40-21-7-5-19-38(40)53)36-32-33-46-52(34-36)60-51-31-15-28-48(58(46)51)56-43-24-10-8-22-41(43)55(42-23-9-11-25-44(42)56)47-27-14-30-50-57(47)45-26-12-13-29-49(45)59-50/h1-34H. The van der Waals surface area contributed by atoms with Gasteiger partial charge in [-0.15, -0.1) is 0 Å². The van der Waals surface area contributed by atoms with Gasteiger partial charge in [-0.3, -0.25) is 0 Å². The zero-order valence-electron chi connectivity index (χ0n) is 32.4. The molecule has 13 rings (SSSR count). The summed E-state index contributed by atoms with van der Waals surface area (Å²) in [5.74, 6) is 0. The number of hydrogen-bond acceptors (Lipinski definition) is 1. The Morgan fingerprint density at radius 2 is 0.717 bits per heavy atom. The second-order valence-corrected chi connectivity index (χ2v) is 19.2. The van der Waals surface area contributed by atoms with Crippen LogP contribution >= 0.6 is 11.3 Å². The molecule has 0 aliphatic rings. The summed E-state index contributed by atoms with van der Waals surface area (Å²) < 4.78 is 5.56. The molecular weight excluding hydrogens is 808 g/mol. The molecule has 2 heteroatoms. The quantitative estimate of drug-likeness (QED) is 0.122. The van der Waals surface area contributed by atoms with E-state index >= 15 is 0 Å². The van der Waals surface area contributed by atoms with E-state index in [-0.39, 0.29) is 14.5 Å². The fourth-order valence-corrected chi connectivity index (χ4v) is 13.8. The third-order valence-corrected chi connectivity index (χ3v) is 16.1. The number of thiophene rings is 1. The molecule has 0 saturated carbocycles. The summed E-state index contributed by atoms with van der Waals surface area (Å²) in [4.78, 5) is 0. The van der Waals surface area contributed by atoms with E-state index in [0.717, 1.165) is 0 Å². The van der Waals surface area contributed by atoms with Crippen LogP contribution in [0.2, 0.25) is 0 Å². The van der Waals surface area contributed by atoms with Crippen molar-refractivity contribution in [3.63, 3.8) is 0 Å². The Morgan fingerprint density at radius 3 is 1.30 bits per heavy atom. The van der Waals surface area contributed by atoms with E-state index < -0.39 is 0 Å². The molecule has 0 bridgehead atoms. The summed E-state index contributed by atoms with van der Waals surface area (Å²) in [6.45, 7) is 0. The van der Waals surface area contributed by atoms with E-state index in [9.17, 15) is 0 Å². The van der Waals surface area contributed by atoms with Crippen LogP contribution in [0.4, 0.5) is 0 Å². The first-order valence-corrected chi connectivity index (χ1v) is 23.1. The zero-order valence-corrected chi connectivity index (χ0v) is 35.0. The van der Waals surface area contributed by atoms with Crippen molar-refractivity contribution in [2.75, 3.05) is 0 Å². The van der Waals surface area contributed by atoms with E-state index in [0.29, 0.717) is 0 Å². The van der Waals surface area contributed by atoms with Crippen LogP contribution in [0.5, 0.6) is 0 Å². The van der Waals surface area contributed by atoms with Crippen molar-refractivity contribution in [3.8, 4) is 44.5 Å². The van der Waals surface area contributed by atoms with E-state index in [1.165, 1.54) is 127 Å². The first-order valence-electron chi connectivity index (χ1n) is 20.6. The molecule has 0 atom stereocenters. The molecule has 0 nitrogen and oxygen atoms in total. The van der Waals surface area contributed by atoms with Gasteiger partial charge in [0, 0.05) is 0 Å². The number of hydrogen-bond donors (Lipinski definition) is 0. The molecule has 0 aliphatic heterocycles. The Kier molecular flexibility index (Phi) is 7.59. The Hall–Kier alpha value is -6.80. The average molecular weight is 842 g/mol. The molecule has 0 radical (unpaired) electrons. The third kappa shape index (κ3) is 4.97. The first kappa shape index (κ1) is 34.1. The SMILES string of the molecule is c1ccc(-c2c3ccccc3c(-c3ccc4c(c3)[se]c3cccc(-c5c6ccccc6c(-c6cccc7sc8ccccc8c67)c6ccccc56)c34)c3ccccc23)cc1. The number of benzene rings is 11. The van der Waals surface area contributed by atoms with E-state index in [4.69, 9.17) is 0 Å². The molecule has 0 aliphatic carbocycles. The molecule has 2 aromatic heterocycles. The molecule has 2 heterocycles. The summed E-state index contributed by atoms with van der Waals surface area (Å²) >= 11 is 2.05. The third-order valence-electron chi connectivity index (χ3n) is 12.7. The van der Waals surface area contributed by atoms with E-state index in [2.05, 4.69) is 206 Å². The summed E-state index contributed by atoms with van der Waals surface area (Å²) in [5.41, 5.74) is 10.4. The summed E-state index contributed by atoms with van der Waals surface area (Å²) in [6, 6.07) is 77.2. The second-order valence-electron chi connectivity index (χ2n) is 15.8. The van der Waals surface area contributed by atoms with Crippen LogP contribution in [-0.4, -0.2) is 14.5 Å². The van der Waals surface area contributed by atoms with Gasteiger partial charge in [-0.25, -0.2) is 0 Å². The van der Waals surface area contributed by atoms with Crippen LogP contribution in [0.25, 0.3) is 127 Å². The fraction of sp³-hybridized carbons (Fsp3) is 0. The molecule has 0 spiro atoms. The van der Waals surface area contributed by atoms with E-state index in [1.54, 1.807) is 0 Å². The monoisotopic (exact) mass is 842 g/mol. The van der Waals surface area contributed by atoms with Crippen molar-refractivity contribution in [1.29, 1.82) is 0 Å². The van der Waals surface area contributed by atoms with Gasteiger partial charge in [-0.05, 0) is 0 Å². The van der Waals surface area contributed by atoms with Gasteiger partial charge < -0.3 is 0 Å². The van der Waals surface area contributed by atoms with Gasteiger partial charge in [0.1, 0.15) is 0 Å². The normalized spacial score (nSPS) is 12.0. The van der Waals surface area contributed by atoms with Crippen LogP contribution in [0.15, 0.2) is 206 Å². The first-order chi connectivity index (χ1) is 29.8. The van der Waals surface area contributed by atoms with Crippen molar-refractivity contribution >= 4 is 108 Å². The Labute approximate surface area is 357 Å². The van der Waals surface area contributed by atoms with Crippen LogP contribution in [0.3, 0.4) is 0 Å². The molecule has 0 amide bonds. The summed E-state index contributed by atoms with van der Waals surface area (Å²) in [5, 5.41) is 15.8. The molecule has 13 aromatic rings. The molecule has 0 unspecified atom stereocenters. The van der Waals surface area contributed by atoms with Gasteiger partial charge in [-0.1, -0.05) is 6.07 Å². The van der Waals surface area contributed by atoms with Crippen LogP contribution in [0.1, 0.15) is 0 Å². The fourth-order valence-electron chi connectivity index (χ4n) is 10.2. The molecule has 60 heavy (non-hydrogen) atoms. The van der Waals surface area contributed by atoms with Crippen molar-refractivity contribution in [2.45, 2.75) is 0 Å². The molecular formula is C58H34SSe. The van der Waals surface area contributed by atoms with Crippen LogP contribution in [-0.2, 0) is 0 Å². The van der Waals surface area contributed by atoms with Crippen molar-refractivity contribution in [3.05, 3.63) is 206 Å². The number of rotatable bonds is 4.